The molecule has 1 aromatic rings. The van der Waals surface area contributed by atoms with E-state index in [1.54, 1.807) is 0 Å². The van der Waals surface area contributed by atoms with E-state index < -0.39 is 23.3 Å². The Bertz CT molecular complexity index is 897. The minimum atomic E-state index is -1.18. The minimum Gasteiger partial charge on any atom is -0.481 e. The summed E-state index contributed by atoms with van der Waals surface area (Å²) in [6.45, 7) is 10.8. The van der Waals surface area contributed by atoms with Gasteiger partial charge < -0.3 is 14.6 Å². The van der Waals surface area contributed by atoms with Crippen LogP contribution >= 0.6 is 0 Å². The van der Waals surface area contributed by atoms with Crippen molar-refractivity contribution in [1.82, 2.24) is 0 Å². The molecule has 2 unspecified atom stereocenters. The highest BCUT2D eigenvalue weighted by Crippen LogP contribution is 2.61. The van der Waals surface area contributed by atoms with Gasteiger partial charge in [-0.25, -0.2) is 0 Å². The van der Waals surface area contributed by atoms with Crippen molar-refractivity contribution >= 4 is 17.9 Å². The summed E-state index contributed by atoms with van der Waals surface area (Å²) in [5.74, 6) is -1.82. The molecule has 2 aliphatic rings. The summed E-state index contributed by atoms with van der Waals surface area (Å²) in [6.07, 6.45) is 3.65. The molecule has 1 N–H and O–H groups in total. The number of aryl methyl sites for hydroxylation is 1. The SMILES string of the molecule is CC(=O)Oc1c(C(C)C)cc2c(c1OC(C)=O)C1(C(=O)O)CCCC(C)(C)C1CC2. The molecule has 2 aliphatic carbocycles. The molecule has 0 spiro atoms. The molecule has 0 aliphatic heterocycles. The predicted molar refractivity (Wildman–Crippen MR) is 112 cm³/mol. The smallest absolute Gasteiger partial charge is 0.314 e. The van der Waals surface area contributed by atoms with Gasteiger partial charge in [-0.1, -0.05) is 40.2 Å². The first-order valence-electron chi connectivity index (χ1n) is 10.7. The lowest BCUT2D eigenvalue weighted by atomic mass is 9.49. The maximum atomic E-state index is 12.9. The first-order chi connectivity index (χ1) is 13.9. The van der Waals surface area contributed by atoms with Crippen LogP contribution in [0.3, 0.4) is 0 Å². The van der Waals surface area contributed by atoms with E-state index in [4.69, 9.17) is 9.47 Å². The van der Waals surface area contributed by atoms with Crippen LogP contribution in [0.1, 0.15) is 89.8 Å². The highest BCUT2D eigenvalue weighted by Gasteiger charge is 2.59. The lowest BCUT2D eigenvalue weighted by molar-refractivity contribution is -0.153. The van der Waals surface area contributed by atoms with E-state index in [1.165, 1.54) is 13.8 Å². The number of benzene rings is 1. The van der Waals surface area contributed by atoms with Gasteiger partial charge >= 0.3 is 17.9 Å². The van der Waals surface area contributed by atoms with Gasteiger partial charge in [-0.3, -0.25) is 14.4 Å². The van der Waals surface area contributed by atoms with E-state index in [1.807, 2.05) is 19.9 Å². The number of carboxylic acids is 1. The number of aliphatic carboxylic acids is 1. The van der Waals surface area contributed by atoms with E-state index in [0.29, 0.717) is 18.4 Å². The number of fused-ring (bicyclic) bond motifs is 3. The third kappa shape index (κ3) is 3.50. The zero-order chi connectivity index (χ0) is 22.4. The van der Waals surface area contributed by atoms with Crippen molar-refractivity contribution in [2.75, 3.05) is 0 Å². The first-order valence-corrected chi connectivity index (χ1v) is 10.7. The molecule has 3 rings (SSSR count). The molecule has 6 nitrogen and oxygen atoms in total. The second-order valence-corrected chi connectivity index (χ2v) is 9.71. The molecule has 1 aromatic carbocycles. The Labute approximate surface area is 177 Å². The third-order valence-electron chi connectivity index (χ3n) is 6.92. The van der Waals surface area contributed by atoms with Gasteiger partial charge in [0.25, 0.3) is 0 Å². The number of hydrogen-bond acceptors (Lipinski definition) is 5. The largest absolute Gasteiger partial charge is 0.481 e. The highest BCUT2D eigenvalue weighted by molar-refractivity contribution is 5.87. The summed E-state index contributed by atoms with van der Waals surface area (Å²) in [5.41, 5.74) is 0.802. The van der Waals surface area contributed by atoms with Gasteiger partial charge in [-0.15, -0.1) is 0 Å². The summed E-state index contributed by atoms with van der Waals surface area (Å²) < 4.78 is 11.2. The zero-order valence-corrected chi connectivity index (χ0v) is 18.8. The average Bonchev–Trinajstić information content (AvgIpc) is 2.61. The van der Waals surface area contributed by atoms with Gasteiger partial charge in [0.2, 0.25) is 0 Å². The van der Waals surface area contributed by atoms with Gasteiger partial charge in [0, 0.05) is 25.0 Å². The van der Waals surface area contributed by atoms with Crippen molar-refractivity contribution in [2.24, 2.45) is 11.3 Å². The number of hydrogen-bond donors (Lipinski definition) is 1. The van der Waals surface area contributed by atoms with Gasteiger partial charge in [-0.2, -0.15) is 0 Å². The normalized spacial score (nSPS) is 24.6. The van der Waals surface area contributed by atoms with E-state index in [0.717, 1.165) is 30.4 Å². The van der Waals surface area contributed by atoms with Gasteiger partial charge in [0.05, 0.1) is 0 Å². The summed E-state index contributed by atoms with van der Waals surface area (Å²) in [7, 11) is 0. The van der Waals surface area contributed by atoms with E-state index in [-0.39, 0.29) is 28.7 Å². The Hall–Kier alpha value is -2.37. The molecular formula is C24H32O6. The number of rotatable bonds is 4. The van der Waals surface area contributed by atoms with Crippen LogP contribution in [0, 0.1) is 11.3 Å². The fraction of sp³-hybridized carbons (Fsp3) is 0.625. The lowest BCUT2D eigenvalue weighted by Crippen LogP contribution is -2.54. The molecule has 0 aromatic heterocycles. The topological polar surface area (TPSA) is 89.9 Å². The maximum absolute atomic E-state index is 12.9. The molecule has 0 radical (unpaired) electrons. The Balaban J connectivity index is 2.42. The van der Waals surface area contributed by atoms with Crippen molar-refractivity contribution in [3.05, 3.63) is 22.8 Å². The first kappa shape index (κ1) is 22.3. The number of esters is 2. The molecule has 0 bridgehead atoms. The van der Waals surface area contributed by atoms with Gasteiger partial charge in [-0.05, 0) is 48.5 Å². The molecule has 2 atom stereocenters. The maximum Gasteiger partial charge on any atom is 0.314 e. The van der Waals surface area contributed by atoms with Crippen LogP contribution in [-0.2, 0) is 26.2 Å². The Morgan fingerprint density at radius 2 is 1.67 bits per heavy atom. The molecule has 30 heavy (non-hydrogen) atoms. The van der Waals surface area contributed by atoms with Crippen LogP contribution in [0.25, 0.3) is 0 Å². The molecule has 1 fully saturated rings. The van der Waals surface area contributed by atoms with Crippen molar-refractivity contribution in [1.29, 1.82) is 0 Å². The Morgan fingerprint density at radius 1 is 1.07 bits per heavy atom. The molecule has 164 valence electrons. The zero-order valence-electron chi connectivity index (χ0n) is 18.8. The number of carbonyl (C=O) groups is 3. The summed E-state index contributed by atoms with van der Waals surface area (Å²) in [4.78, 5) is 36.9. The standard InChI is InChI=1S/C24H32O6/c1-13(2)17-12-16-8-9-18-23(5,6)10-7-11-24(18,22(27)28)19(16)21(30-15(4)26)20(17)29-14(3)25/h12-13,18H,7-11H2,1-6H3,(H,27,28). The summed E-state index contributed by atoms with van der Waals surface area (Å²) in [5, 5.41) is 10.6. The van der Waals surface area contributed by atoms with Crippen molar-refractivity contribution in [3.63, 3.8) is 0 Å². The molecule has 0 amide bonds. The quantitative estimate of drug-likeness (QED) is 0.562. The molecule has 1 saturated carbocycles. The molecule has 6 heteroatoms. The molecular weight excluding hydrogens is 384 g/mol. The second kappa shape index (κ2) is 7.71. The fourth-order valence-electron chi connectivity index (χ4n) is 5.76. The minimum absolute atomic E-state index is 0.000238. The van der Waals surface area contributed by atoms with Crippen LogP contribution in [0.15, 0.2) is 6.07 Å². The van der Waals surface area contributed by atoms with Crippen molar-refractivity contribution in [2.45, 2.75) is 85.0 Å². The van der Waals surface area contributed by atoms with Gasteiger partial charge in [0.1, 0.15) is 5.41 Å². The van der Waals surface area contributed by atoms with Crippen LogP contribution in [-0.4, -0.2) is 23.0 Å². The van der Waals surface area contributed by atoms with Gasteiger partial charge in [0.15, 0.2) is 11.5 Å². The second-order valence-electron chi connectivity index (χ2n) is 9.71. The monoisotopic (exact) mass is 416 g/mol. The lowest BCUT2D eigenvalue weighted by Gasteiger charge is -2.53. The fourth-order valence-corrected chi connectivity index (χ4v) is 5.76. The highest BCUT2D eigenvalue weighted by atomic mass is 16.6. The van der Waals surface area contributed by atoms with Crippen LogP contribution in [0.4, 0.5) is 0 Å². The predicted octanol–water partition coefficient (Wildman–Crippen LogP) is 4.76. The van der Waals surface area contributed by atoms with Crippen LogP contribution in [0.5, 0.6) is 11.5 Å². The average molecular weight is 417 g/mol. The van der Waals surface area contributed by atoms with Crippen molar-refractivity contribution in [3.8, 4) is 11.5 Å². The van der Waals surface area contributed by atoms with Crippen LogP contribution < -0.4 is 9.47 Å². The van der Waals surface area contributed by atoms with E-state index in [2.05, 4.69) is 13.8 Å². The molecule has 0 heterocycles. The summed E-state index contributed by atoms with van der Waals surface area (Å²) in [6, 6.07) is 1.95. The van der Waals surface area contributed by atoms with Crippen molar-refractivity contribution < 1.29 is 29.0 Å². The third-order valence-corrected chi connectivity index (χ3v) is 6.92. The number of carboxylic acid groups (broad SMARTS) is 1. The van der Waals surface area contributed by atoms with Crippen LogP contribution in [0.2, 0.25) is 0 Å². The van der Waals surface area contributed by atoms with E-state index >= 15 is 0 Å². The Morgan fingerprint density at radius 3 is 2.20 bits per heavy atom. The summed E-state index contributed by atoms with van der Waals surface area (Å²) >= 11 is 0. The number of ether oxygens (including phenoxy) is 2. The number of carbonyl (C=O) groups excluding carboxylic acids is 2. The Kier molecular flexibility index (Phi) is 5.74. The van der Waals surface area contributed by atoms with E-state index in [9.17, 15) is 19.5 Å². The molecule has 0 saturated heterocycles.